The van der Waals surface area contributed by atoms with E-state index >= 15 is 0 Å². The molecule has 2 aromatic carbocycles. The lowest BCUT2D eigenvalue weighted by atomic mass is 9.98. The largest absolute Gasteiger partial charge is 0.444 e. The monoisotopic (exact) mass is 589 g/mol. The molecule has 0 spiro atoms. The molecule has 2 rings (SSSR count). The van der Waals surface area contributed by atoms with Gasteiger partial charge in [-0.05, 0) is 62.8 Å². The third-order valence-electron chi connectivity index (χ3n) is 6.99. The number of hydrogen-bond acceptors (Lipinski definition) is 4. The van der Waals surface area contributed by atoms with Gasteiger partial charge in [0.2, 0.25) is 11.8 Å². The summed E-state index contributed by atoms with van der Waals surface area (Å²) in [6.45, 7) is 12.2. The first-order valence-corrected chi connectivity index (χ1v) is 15.6. The molecule has 3 amide bonds. The summed E-state index contributed by atoms with van der Waals surface area (Å²) in [6, 6.07) is 15.1. The van der Waals surface area contributed by atoms with Gasteiger partial charge >= 0.3 is 6.09 Å². The molecule has 0 fully saturated rings. The van der Waals surface area contributed by atoms with Gasteiger partial charge in [0.15, 0.2) is 0 Å². The van der Waals surface area contributed by atoms with Gasteiger partial charge in [-0.2, -0.15) is 0 Å². The van der Waals surface area contributed by atoms with Gasteiger partial charge in [0.1, 0.15) is 17.7 Å². The Morgan fingerprint density at radius 2 is 1.56 bits per heavy atom. The minimum Gasteiger partial charge on any atom is -0.444 e. The third-order valence-corrected chi connectivity index (χ3v) is 6.99. The van der Waals surface area contributed by atoms with E-state index in [1.165, 1.54) is 6.42 Å². The fraction of sp³-hybridized carbons (Fsp3) is 0.528. The molecular formula is C36H51N3O4. The first kappa shape index (κ1) is 35.4. The summed E-state index contributed by atoms with van der Waals surface area (Å²) < 4.78 is 5.50. The molecule has 0 saturated heterocycles. The van der Waals surface area contributed by atoms with Crippen molar-refractivity contribution in [1.29, 1.82) is 0 Å². The van der Waals surface area contributed by atoms with Crippen LogP contribution in [0.1, 0.15) is 109 Å². The molecule has 0 aliphatic carbocycles. The Kier molecular flexibility index (Phi) is 14.8. The first-order chi connectivity index (χ1) is 20.4. The topological polar surface area (TPSA) is 87.7 Å². The molecule has 0 aromatic heterocycles. The molecule has 43 heavy (non-hydrogen) atoms. The Morgan fingerprint density at radius 1 is 0.930 bits per heavy atom. The van der Waals surface area contributed by atoms with E-state index in [2.05, 4.69) is 23.5 Å². The average Bonchev–Trinajstić information content (AvgIpc) is 2.96. The van der Waals surface area contributed by atoms with Gasteiger partial charge in [-0.1, -0.05) is 101 Å². The molecule has 0 bridgehead atoms. The molecule has 2 aromatic rings. The minimum atomic E-state index is -0.909. The average molecular weight is 590 g/mol. The van der Waals surface area contributed by atoms with Crippen molar-refractivity contribution < 1.29 is 19.1 Å². The lowest BCUT2D eigenvalue weighted by molar-refractivity contribution is -0.143. The zero-order valence-corrected chi connectivity index (χ0v) is 26.9. The van der Waals surface area contributed by atoms with Crippen LogP contribution >= 0.6 is 0 Å². The van der Waals surface area contributed by atoms with E-state index < -0.39 is 23.8 Å². The van der Waals surface area contributed by atoms with Crippen LogP contribution < -0.4 is 10.6 Å². The van der Waals surface area contributed by atoms with Crippen LogP contribution in [0, 0.1) is 18.3 Å². The van der Waals surface area contributed by atoms with Crippen LogP contribution in [0.5, 0.6) is 0 Å². The second kappa shape index (κ2) is 18.0. The molecule has 0 radical (unpaired) electrons. The van der Waals surface area contributed by atoms with Crippen LogP contribution in [0.4, 0.5) is 4.79 Å². The maximum atomic E-state index is 14.4. The summed E-state index contributed by atoms with van der Waals surface area (Å²) >= 11 is 0. The maximum Gasteiger partial charge on any atom is 0.408 e. The van der Waals surface area contributed by atoms with Crippen molar-refractivity contribution >= 4 is 17.9 Å². The number of nitrogens with one attached hydrogen (secondary N) is 2. The van der Waals surface area contributed by atoms with Crippen LogP contribution in [-0.2, 0) is 20.9 Å². The molecule has 0 heterocycles. The normalized spacial score (nSPS) is 12.6. The number of nitrogens with zero attached hydrogens (tertiary/aromatic N) is 1. The Hall–Kier alpha value is -3.79. The standard InChI is InChI=1S/C36H51N3O4/c1-8-10-11-12-13-17-24-39(34(41)31(25-27(3)4)38-35(42)43-36(5,6)7)32(30-22-20-28(9-2)21-23-30)33(40)37-26-29-18-15-14-16-19-29/h2,14-16,18-23,27,31-32H,8,10-13,17,24-26H2,1,3-7H3,(H,37,40)(H,38,42). The second-order valence-electron chi connectivity index (χ2n) is 12.5. The number of hydrogen-bond donors (Lipinski definition) is 2. The van der Waals surface area contributed by atoms with E-state index in [0.717, 1.165) is 37.7 Å². The molecule has 0 saturated carbocycles. The van der Waals surface area contributed by atoms with Crippen molar-refractivity contribution in [3.63, 3.8) is 0 Å². The van der Waals surface area contributed by atoms with Crippen LogP contribution in [-0.4, -0.2) is 41.0 Å². The quantitative estimate of drug-likeness (QED) is 0.161. The summed E-state index contributed by atoms with van der Waals surface area (Å²) in [5, 5.41) is 5.86. The first-order valence-electron chi connectivity index (χ1n) is 15.6. The second-order valence-corrected chi connectivity index (χ2v) is 12.5. The molecular weight excluding hydrogens is 538 g/mol. The number of alkyl carbamates (subject to hydrolysis) is 1. The molecule has 234 valence electrons. The number of rotatable bonds is 16. The van der Waals surface area contributed by atoms with Crippen LogP contribution in [0.2, 0.25) is 0 Å². The zero-order valence-electron chi connectivity index (χ0n) is 26.9. The van der Waals surface area contributed by atoms with E-state index in [1.54, 1.807) is 37.8 Å². The van der Waals surface area contributed by atoms with Crippen molar-refractivity contribution in [2.24, 2.45) is 5.92 Å². The highest BCUT2D eigenvalue weighted by molar-refractivity contribution is 5.92. The third kappa shape index (κ3) is 12.9. The zero-order chi connectivity index (χ0) is 31.8. The highest BCUT2D eigenvalue weighted by Crippen LogP contribution is 2.26. The van der Waals surface area contributed by atoms with Crippen LogP contribution in [0.3, 0.4) is 0 Å². The van der Waals surface area contributed by atoms with E-state index in [-0.39, 0.29) is 17.7 Å². The molecule has 2 N–H and O–H groups in total. The molecule has 2 atom stereocenters. The number of benzene rings is 2. The summed E-state index contributed by atoms with van der Waals surface area (Å²) in [5.41, 5.74) is 1.58. The molecule has 2 unspecified atom stereocenters. The molecule has 7 heteroatoms. The predicted octanol–water partition coefficient (Wildman–Crippen LogP) is 7.15. The highest BCUT2D eigenvalue weighted by atomic mass is 16.6. The highest BCUT2D eigenvalue weighted by Gasteiger charge is 2.36. The lowest BCUT2D eigenvalue weighted by Crippen LogP contribution is -2.53. The van der Waals surface area contributed by atoms with E-state index in [0.29, 0.717) is 30.6 Å². The molecule has 7 nitrogen and oxygen atoms in total. The van der Waals surface area contributed by atoms with Crippen LogP contribution in [0.25, 0.3) is 0 Å². The fourth-order valence-corrected chi connectivity index (χ4v) is 4.89. The van der Waals surface area contributed by atoms with Crippen molar-refractivity contribution in [3.05, 3.63) is 71.3 Å². The van der Waals surface area contributed by atoms with E-state index in [4.69, 9.17) is 11.2 Å². The SMILES string of the molecule is C#Cc1ccc(C(C(=O)NCc2ccccc2)N(CCCCCCCC)C(=O)C(CC(C)C)NC(=O)OC(C)(C)C)cc1. The lowest BCUT2D eigenvalue weighted by Gasteiger charge is -2.35. The maximum absolute atomic E-state index is 14.4. The predicted molar refractivity (Wildman–Crippen MR) is 173 cm³/mol. The summed E-state index contributed by atoms with van der Waals surface area (Å²) in [4.78, 5) is 42.9. The Labute approximate surface area is 259 Å². The van der Waals surface area contributed by atoms with Gasteiger partial charge in [0.05, 0.1) is 0 Å². The molecule has 0 aliphatic rings. The van der Waals surface area contributed by atoms with Gasteiger partial charge in [0.25, 0.3) is 0 Å². The van der Waals surface area contributed by atoms with Gasteiger partial charge in [-0.3, -0.25) is 9.59 Å². The number of unbranched alkanes of at least 4 members (excludes halogenated alkanes) is 5. The van der Waals surface area contributed by atoms with Crippen molar-refractivity contribution in [1.82, 2.24) is 15.5 Å². The number of ether oxygens (including phenoxy) is 1. The van der Waals surface area contributed by atoms with Crippen molar-refractivity contribution in [2.45, 2.75) is 111 Å². The number of amides is 3. The van der Waals surface area contributed by atoms with Gasteiger partial charge in [0, 0.05) is 18.7 Å². The van der Waals surface area contributed by atoms with Crippen molar-refractivity contribution in [2.75, 3.05) is 6.54 Å². The van der Waals surface area contributed by atoms with E-state index in [1.807, 2.05) is 56.3 Å². The van der Waals surface area contributed by atoms with Gasteiger partial charge in [-0.15, -0.1) is 6.42 Å². The number of terminal acetylenes is 1. The Morgan fingerprint density at radius 3 is 2.14 bits per heavy atom. The summed E-state index contributed by atoms with van der Waals surface area (Å²) in [5.74, 6) is 2.12. The number of carbonyl (C=O) groups excluding carboxylic acids is 3. The Bertz CT molecular complexity index is 1180. The molecule has 0 aliphatic heterocycles. The summed E-state index contributed by atoms with van der Waals surface area (Å²) in [6.07, 6.45) is 11.5. The minimum absolute atomic E-state index is 0.111. The van der Waals surface area contributed by atoms with Crippen LogP contribution in [0.15, 0.2) is 54.6 Å². The Balaban J connectivity index is 2.47. The van der Waals surface area contributed by atoms with E-state index in [9.17, 15) is 14.4 Å². The van der Waals surface area contributed by atoms with Gasteiger partial charge < -0.3 is 20.3 Å². The van der Waals surface area contributed by atoms with Gasteiger partial charge in [-0.25, -0.2) is 4.79 Å². The number of carbonyl (C=O) groups is 3. The smallest absolute Gasteiger partial charge is 0.408 e. The fourth-order valence-electron chi connectivity index (χ4n) is 4.89. The summed E-state index contributed by atoms with van der Waals surface area (Å²) in [7, 11) is 0. The van der Waals surface area contributed by atoms with Crippen molar-refractivity contribution in [3.8, 4) is 12.3 Å².